The van der Waals surface area contributed by atoms with E-state index in [4.69, 9.17) is 10.7 Å². The van der Waals surface area contributed by atoms with Crippen LogP contribution in [0.1, 0.15) is 12.7 Å². The molecular weight excluding hydrogens is 312 g/mol. The molecule has 4 rings (SSSR count). The average Bonchev–Trinajstić information content (AvgIpc) is 3.13. The number of likely N-dealkylation sites (tertiary alicyclic amines) is 1. The standard InChI is InChI=1S/C16H22N4O2S/c1-2-20-14-6-4-3-5-13(14)18-16(20)9-19-7-11-12(17)10-23(21,22)15(11)8-19/h3-6,11-12,15H,2,7-10,17H2,1H3/t11-,12+,15-/m1/s1. The largest absolute Gasteiger partial charge is 0.327 e. The quantitative estimate of drug-likeness (QED) is 0.889. The van der Waals surface area contributed by atoms with Crippen LogP contribution < -0.4 is 5.73 Å². The van der Waals surface area contributed by atoms with Crippen molar-refractivity contribution in [2.75, 3.05) is 18.8 Å². The van der Waals surface area contributed by atoms with Gasteiger partial charge < -0.3 is 10.3 Å². The summed E-state index contributed by atoms with van der Waals surface area (Å²) in [7, 11) is -3.03. The van der Waals surface area contributed by atoms with Crippen molar-refractivity contribution < 1.29 is 8.42 Å². The van der Waals surface area contributed by atoms with Crippen molar-refractivity contribution in [2.24, 2.45) is 11.7 Å². The first-order valence-electron chi connectivity index (χ1n) is 8.13. The van der Waals surface area contributed by atoms with Crippen LogP contribution in [-0.4, -0.2) is 53.0 Å². The predicted octanol–water partition coefficient (Wildman–Crippen LogP) is 0.612. The van der Waals surface area contributed by atoms with E-state index in [1.165, 1.54) is 0 Å². The molecule has 0 spiro atoms. The third kappa shape index (κ3) is 2.38. The summed E-state index contributed by atoms with van der Waals surface area (Å²) < 4.78 is 26.6. The number of aromatic nitrogens is 2. The maximum absolute atomic E-state index is 12.2. The third-order valence-electron chi connectivity index (χ3n) is 5.24. The molecule has 2 aliphatic rings. The predicted molar refractivity (Wildman–Crippen MR) is 89.7 cm³/mol. The molecule has 2 aliphatic heterocycles. The van der Waals surface area contributed by atoms with Gasteiger partial charge in [-0.05, 0) is 19.1 Å². The number of benzene rings is 1. The Labute approximate surface area is 136 Å². The molecule has 0 unspecified atom stereocenters. The number of hydrogen-bond donors (Lipinski definition) is 1. The van der Waals surface area contributed by atoms with Crippen LogP contribution in [0.25, 0.3) is 11.0 Å². The molecular formula is C16H22N4O2S. The minimum atomic E-state index is -3.03. The van der Waals surface area contributed by atoms with Gasteiger partial charge in [-0.15, -0.1) is 0 Å². The van der Waals surface area contributed by atoms with Crippen molar-refractivity contribution in [2.45, 2.75) is 31.3 Å². The molecule has 124 valence electrons. The zero-order chi connectivity index (χ0) is 16.2. The second kappa shape index (κ2) is 5.29. The maximum atomic E-state index is 12.2. The molecule has 23 heavy (non-hydrogen) atoms. The second-order valence-corrected chi connectivity index (χ2v) is 8.92. The van der Waals surface area contributed by atoms with Crippen LogP contribution in [0, 0.1) is 5.92 Å². The van der Waals surface area contributed by atoms with Gasteiger partial charge in [0.1, 0.15) is 5.82 Å². The summed E-state index contributed by atoms with van der Waals surface area (Å²) in [5.41, 5.74) is 8.17. The lowest BCUT2D eigenvalue weighted by atomic mass is 10.0. The molecule has 2 aromatic rings. The number of sulfone groups is 1. The second-order valence-electron chi connectivity index (χ2n) is 6.65. The molecule has 0 radical (unpaired) electrons. The van der Waals surface area contributed by atoms with Crippen LogP contribution in [0.5, 0.6) is 0 Å². The molecule has 1 aromatic carbocycles. The van der Waals surface area contributed by atoms with Gasteiger partial charge >= 0.3 is 0 Å². The van der Waals surface area contributed by atoms with Crippen LogP contribution in [0.4, 0.5) is 0 Å². The average molecular weight is 334 g/mol. The summed E-state index contributed by atoms with van der Waals surface area (Å²) in [5.74, 6) is 1.21. The van der Waals surface area contributed by atoms with Crippen molar-refractivity contribution >= 4 is 20.9 Å². The number of fused-ring (bicyclic) bond motifs is 2. The lowest BCUT2D eigenvalue weighted by Gasteiger charge is -2.18. The molecule has 1 aromatic heterocycles. The molecule has 2 N–H and O–H groups in total. The van der Waals surface area contributed by atoms with Crippen LogP contribution in [0.3, 0.4) is 0 Å². The maximum Gasteiger partial charge on any atom is 0.156 e. The van der Waals surface area contributed by atoms with E-state index in [1.54, 1.807) is 0 Å². The summed E-state index contributed by atoms with van der Waals surface area (Å²) in [6, 6.07) is 7.88. The van der Waals surface area contributed by atoms with Crippen LogP contribution >= 0.6 is 0 Å². The lowest BCUT2D eigenvalue weighted by Crippen LogP contribution is -2.33. The van der Waals surface area contributed by atoms with Crippen LogP contribution in [-0.2, 0) is 22.9 Å². The summed E-state index contributed by atoms with van der Waals surface area (Å²) in [5, 5.41) is -0.294. The Kier molecular flexibility index (Phi) is 3.48. The Morgan fingerprint density at radius 1 is 1.30 bits per heavy atom. The Morgan fingerprint density at radius 3 is 2.83 bits per heavy atom. The highest BCUT2D eigenvalue weighted by Crippen LogP contribution is 2.33. The molecule has 7 heteroatoms. The third-order valence-corrected chi connectivity index (χ3v) is 7.51. The van der Waals surface area contributed by atoms with E-state index in [-0.39, 0.29) is 23.0 Å². The normalized spacial score (nSPS) is 30.1. The highest BCUT2D eigenvalue weighted by atomic mass is 32.2. The van der Waals surface area contributed by atoms with Gasteiger partial charge in [-0.25, -0.2) is 13.4 Å². The number of hydrogen-bond acceptors (Lipinski definition) is 5. The number of rotatable bonds is 3. The van der Waals surface area contributed by atoms with Crippen molar-refractivity contribution in [3.8, 4) is 0 Å². The fourth-order valence-corrected chi connectivity index (χ4v) is 6.40. The van der Waals surface area contributed by atoms with Gasteiger partial charge in [-0.2, -0.15) is 0 Å². The zero-order valence-electron chi connectivity index (χ0n) is 13.2. The van der Waals surface area contributed by atoms with E-state index in [9.17, 15) is 8.42 Å². The highest BCUT2D eigenvalue weighted by molar-refractivity contribution is 7.92. The smallest absolute Gasteiger partial charge is 0.156 e. The van der Waals surface area contributed by atoms with E-state index in [1.807, 2.05) is 18.2 Å². The summed E-state index contributed by atoms with van der Waals surface area (Å²) in [6.07, 6.45) is 0. The first-order chi connectivity index (χ1) is 11.0. The Morgan fingerprint density at radius 2 is 2.09 bits per heavy atom. The minimum Gasteiger partial charge on any atom is -0.327 e. The van der Waals surface area contributed by atoms with Crippen molar-refractivity contribution in [1.82, 2.24) is 14.5 Å². The fourth-order valence-electron chi connectivity index (χ4n) is 4.11. The minimum absolute atomic E-state index is 0.0689. The van der Waals surface area contributed by atoms with E-state index in [0.717, 1.165) is 29.9 Å². The van der Waals surface area contributed by atoms with Crippen LogP contribution in [0.2, 0.25) is 0 Å². The van der Waals surface area contributed by atoms with E-state index in [2.05, 4.69) is 22.5 Å². The highest BCUT2D eigenvalue weighted by Gasteiger charge is 2.50. The van der Waals surface area contributed by atoms with Gasteiger partial charge in [0.2, 0.25) is 0 Å². The van der Waals surface area contributed by atoms with Crippen molar-refractivity contribution in [3.63, 3.8) is 0 Å². The molecule has 0 amide bonds. The molecule has 0 bridgehead atoms. The Hall–Kier alpha value is -1.44. The number of para-hydroxylation sites is 2. The Balaban J connectivity index is 1.61. The van der Waals surface area contributed by atoms with Gasteiger partial charge in [0.15, 0.2) is 9.84 Å². The lowest BCUT2D eigenvalue weighted by molar-refractivity contribution is 0.297. The van der Waals surface area contributed by atoms with E-state index < -0.39 is 9.84 Å². The van der Waals surface area contributed by atoms with Gasteiger partial charge in [0.25, 0.3) is 0 Å². The van der Waals surface area contributed by atoms with Gasteiger partial charge in [0.05, 0.1) is 28.6 Å². The number of nitrogens with zero attached hydrogens (tertiary/aromatic N) is 3. The van der Waals surface area contributed by atoms with Gasteiger partial charge in [-0.3, -0.25) is 4.90 Å². The van der Waals surface area contributed by atoms with Crippen LogP contribution in [0.15, 0.2) is 24.3 Å². The molecule has 6 nitrogen and oxygen atoms in total. The topological polar surface area (TPSA) is 81.2 Å². The monoisotopic (exact) mass is 334 g/mol. The van der Waals surface area contributed by atoms with Crippen molar-refractivity contribution in [1.29, 1.82) is 0 Å². The zero-order valence-corrected chi connectivity index (χ0v) is 14.0. The number of imidazole rings is 1. The SMILES string of the molecule is CCn1c(CN2C[C@H]3[C@@H](C2)S(=O)(=O)C[C@@H]3N)nc2ccccc21. The molecule has 3 heterocycles. The van der Waals surface area contributed by atoms with Gasteiger partial charge in [-0.1, -0.05) is 12.1 Å². The molecule has 2 fully saturated rings. The molecule has 0 saturated carbocycles. The Bertz CT molecular complexity index is 845. The first-order valence-corrected chi connectivity index (χ1v) is 9.85. The summed E-state index contributed by atoms with van der Waals surface area (Å²) in [6.45, 7) is 4.97. The molecule has 0 aliphatic carbocycles. The fraction of sp³-hybridized carbons (Fsp3) is 0.562. The van der Waals surface area contributed by atoms with E-state index >= 15 is 0 Å². The first kappa shape index (κ1) is 15.1. The summed E-state index contributed by atoms with van der Waals surface area (Å²) in [4.78, 5) is 6.93. The van der Waals surface area contributed by atoms with Crippen molar-refractivity contribution in [3.05, 3.63) is 30.1 Å². The number of nitrogens with two attached hydrogens (primary N) is 1. The molecule has 3 atom stereocenters. The van der Waals surface area contributed by atoms with E-state index in [0.29, 0.717) is 13.1 Å². The molecule has 2 saturated heterocycles. The van der Waals surface area contributed by atoms with Gasteiger partial charge in [0, 0.05) is 31.6 Å². The number of aryl methyl sites for hydroxylation is 1. The summed E-state index contributed by atoms with van der Waals surface area (Å²) >= 11 is 0.